The van der Waals surface area contributed by atoms with Gasteiger partial charge in [-0.15, -0.1) is 0 Å². The van der Waals surface area contributed by atoms with Gasteiger partial charge in [-0.1, -0.05) is 25.0 Å². The summed E-state index contributed by atoms with van der Waals surface area (Å²) in [4.78, 5) is 14.7. The highest BCUT2D eigenvalue weighted by molar-refractivity contribution is 6.02. The number of anilines is 2. The number of hydrogen-bond donors (Lipinski definition) is 1. The second-order valence-electron chi connectivity index (χ2n) is 6.85. The van der Waals surface area contributed by atoms with E-state index >= 15 is 0 Å². The second-order valence-corrected chi connectivity index (χ2v) is 6.85. The van der Waals surface area contributed by atoms with Crippen LogP contribution in [-0.2, 0) is 4.79 Å². The molecule has 5 heteroatoms. The molecule has 1 amide bonds. The number of nitrogens with one attached hydrogen (secondary N) is 1. The van der Waals surface area contributed by atoms with E-state index in [0.29, 0.717) is 11.5 Å². The molecule has 28 heavy (non-hydrogen) atoms. The lowest BCUT2D eigenvalue weighted by Gasteiger charge is -2.22. The van der Waals surface area contributed by atoms with Crippen molar-refractivity contribution in [3.05, 3.63) is 54.1 Å². The quantitative estimate of drug-likeness (QED) is 0.736. The molecule has 0 aliphatic carbocycles. The summed E-state index contributed by atoms with van der Waals surface area (Å²) in [5.74, 6) is 1.05. The zero-order chi connectivity index (χ0) is 19.8. The van der Waals surface area contributed by atoms with Gasteiger partial charge < -0.3 is 19.7 Å². The van der Waals surface area contributed by atoms with Gasteiger partial charge in [0.2, 0.25) is 5.91 Å². The Bertz CT molecular complexity index is 807. The van der Waals surface area contributed by atoms with Crippen molar-refractivity contribution in [1.29, 1.82) is 0 Å². The molecular weight excluding hydrogens is 352 g/mol. The normalized spacial score (nSPS) is 14.6. The third kappa shape index (κ3) is 5.06. The van der Waals surface area contributed by atoms with Gasteiger partial charge in [-0.25, -0.2) is 0 Å². The van der Waals surface area contributed by atoms with Crippen LogP contribution < -0.4 is 19.7 Å². The third-order valence-electron chi connectivity index (χ3n) is 4.95. The highest BCUT2D eigenvalue weighted by atomic mass is 16.5. The Labute approximate surface area is 167 Å². The first-order valence-corrected chi connectivity index (χ1v) is 9.76. The van der Waals surface area contributed by atoms with Crippen molar-refractivity contribution in [3.8, 4) is 11.5 Å². The van der Waals surface area contributed by atoms with E-state index in [4.69, 9.17) is 9.47 Å². The van der Waals surface area contributed by atoms with Gasteiger partial charge in [-0.2, -0.15) is 0 Å². The summed E-state index contributed by atoms with van der Waals surface area (Å²) in [6.07, 6.45) is 8.35. The topological polar surface area (TPSA) is 50.8 Å². The highest BCUT2D eigenvalue weighted by Gasteiger charge is 2.10. The standard InChI is InChI=1S/C23H28N2O3/c1-27-21-9-7-8-18(23(21)28-2)10-15-22(26)24-19-11-13-20(14-12-19)25-16-5-3-4-6-17-25/h7-15H,3-6,16-17H2,1-2H3,(H,24,26)/b15-10+. The van der Waals surface area contributed by atoms with Crippen LogP contribution in [0.15, 0.2) is 48.5 Å². The van der Waals surface area contributed by atoms with Crippen LogP contribution in [0.3, 0.4) is 0 Å². The van der Waals surface area contributed by atoms with Crippen molar-refractivity contribution in [3.63, 3.8) is 0 Å². The molecule has 1 aliphatic rings. The van der Waals surface area contributed by atoms with Crippen LogP contribution >= 0.6 is 0 Å². The van der Waals surface area contributed by atoms with E-state index in [1.807, 2.05) is 30.3 Å². The first kappa shape index (κ1) is 19.8. The minimum absolute atomic E-state index is 0.188. The lowest BCUT2D eigenvalue weighted by molar-refractivity contribution is -0.111. The van der Waals surface area contributed by atoms with Gasteiger partial charge in [-0.05, 0) is 49.2 Å². The van der Waals surface area contributed by atoms with Crippen LogP contribution in [0.25, 0.3) is 6.08 Å². The highest BCUT2D eigenvalue weighted by Crippen LogP contribution is 2.31. The van der Waals surface area contributed by atoms with Crippen LogP contribution in [-0.4, -0.2) is 33.2 Å². The van der Waals surface area contributed by atoms with E-state index in [1.165, 1.54) is 37.4 Å². The van der Waals surface area contributed by atoms with E-state index < -0.39 is 0 Å². The van der Waals surface area contributed by atoms with Gasteiger partial charge in [0.05, 0.1) is 14.2 Å². The van der Waals surface area contributed by atoms with Gasteiger partial charge in [0.1, 0.15) is 0 Å². The average Bonchev–Trinajstić information content (AvgIpc) is 3.02. The average molecular weight is 380 g/mol. The number of nitrogens with zero attached hydrogens (tertiary/aromatic N) is 1. The minimum Gasteiger partial charge on any atom is -0.493 e. The lowest BCUT2D eigenvalue weighted by atomic mass is 10.1. The molecule has 1 aliphatic heterocycles. The summed E-state index contributed by atoms with van der Waals surface area (Å²) in [7, 11) is 3.18. The molecular formula is C23H28N2O3. The largest absolute Gasteiger partial charge is 0.493 e. The molecule has 0 saturated carbocycles. The Balaban J connectivity index is 1.62. The van der Waals surface area contributed by atoms with Crippen molar-refractivity contribution in [2.24, 2.45) is 0 Å². The molecule has 1 N–H and O–H groups in total. The molecule has 0 spiro atoms. The second kappa shape index (κ2) is 9.83. The molecule has 0 radical (unpaired) electrons. The Morgan fingerprint density at radius 3 is 2.32 bits per heavy atom. The van der Waals surface area contributed by atoms with Crippen LogP contribution in [0.2, 0.25) is 0 Å². The summed E-state index contributed by atoms with van der Waals surface area (Å²) in [5.41, 5.74) is 2.79. The van der Waals surface area contributed by atoms with Crippen molar-refractivity contribution in [2.75, 3.05) is 37.5 Å². The zero-order valence-electron chi connectivity index (χ0n) is 16.6. The first-order valence-electron chi connectivity index (χ1n) is 9.76. The number of hydrogen-bond acceptors (Lipinski definition) is 4. The molecule has 3 rings (SSSR count). The summed E-state index contributed by atoms with van der Waals surface area (Å²) < 4.78 is 10.7. The van der Waals surface area contributed by atoms with Gasteiger partial charge in [0, 0.05) is 36.1 Å². The molecule has 1 saturated heterocycles. The van der Waals surface area contributed by atoms with E-state index in [9.17, 15) is 4.79 Å². The fraction of sp³-hybridized carbons (Fsp3) is 0.348. The number of ether oxygens (including phenoxy) is 2. The number of para-hydroxylation sites is 1. The summed E-state index contributed by atoms with van der Waals surface area (Å²) in [6.45, 7) is 2.22. The monoisotopic (exact) mass is 380 g/mol. The zero-order valence-corrected chi connectivity index (χ0v) is 16.6. The summed E-state index contributed by atoms with van der Waals surface area (Å²) in [6, 6.07) is 13.6. The molecule has 2 aromatic carbocycles. The van der Waals surface area contributed by atoms with E-state index in [0.717, 1.165) is 24.3 Å². The van der Waals surface area contributed by atoms with Crippen molar-refractivity contribution < 1.29 is 14.3 Å². The number of methoxy groups -OCH3 is 2. The number of benzene rings is 2. The molecule has 0 bridgehead atoms. The van der Waals surface area contributed by atoms with Gasteiger partial charge >= 0.3 is 0 Å². The van der Waals surface area contributed by atoms with E-state index in [2.05, 4.69) is 22.3 Å². The molecule has 5 nitrogen and oxygen atoms in total. The lowest BCUT2D eigenvalue weighted by Crippen LogP contribution is -2.23. The summed E-state index contributed by atoms with van der Waals surface area (Å²) in [5, 5.41) is 2.90. The molecule has 0 aromatic heterocycles. The van der Waals surface area contributed by atoms with Gasteiger partial charge in [0.15, 0.2) is 11.5 Å². The third-order valence-corrected chi connectivity index (χ3v) is 4.95. The summed E-state index contributed by atoms with van der Waals surface area (Å²) >= 11 is 0. The maximum Gasteiger partial charge on any atom is 0.248 e. The fourth-order valence-corrected chi connectivity index (χ4v) is 3.48. The molecule has 1 heterocycles. The predicted octanol–water partition coefficient (Wildman–Crippen LogP) is 4.74. The molecule has 1 fully saturated rings. The fourth-order valence-electron chi connectivity index (χ4n) is 3.48. The van der Waals surface area contributed by atoms with Crippen LogP contribution in [0, 0.1) is 0 Å². The molecule has 148 valence electrons. The number of rotatable bonds is 6. The van der Waals surface area contributed by atoms with Crippen LogP contribution in [0.1, 0.15) is 31.2 Å². The Morgan fingerprint density at radius 2 is 1.68 bits per heavy atom. The van der Waals surface area contributed by atoms with E-state index in [1.54, 1.807) is 20.3 Å². The smallest absolute Gasteiger partial charge is 0.248 e. The number of amides is 1. The SMILES string of the molecule is COc1cccc(/C=C/C(=O)Nc2ccc(N3CCCCCC3)cc2)c1OC. The maximum absolute atomic E-state index is 12.3. The van der Waals surface area contributed by atoms with Crippen LogP contribution in [0.5, 0.6) is 11.5 Å². The Morgan fingerprint density at radius 1 is 0.964 bits per heavy atom. The van der Waals surface area contributed by atoms with Crippen molar-refractivity contribution in [2.45, 2.75) is 25.7 Å². The van der Waals surface area contributed by atoms with Gasteiger partial charge in [0.25, 0.3) is 0 Å². The number of carbonyl (C=O) groups excluding carboxylic acids is 1. The molecule has 0 unspecified atom stereocenters. The molecule has 2 aromatic rings. The number of carbonyl (C=O) groups is 1. The Hall–Kier alpha value is -2.95. The minimum atomic E-state index is -0.188. The Kier molecular flexibility index (Phi) is 6.95. The predicted molar refractivity (Wildman–Crippen MR) is 114 cm³/mol. The van der Waals surface area contributed by atoms with Crippen molar-refractivity contribution >= 4 is 23.4 Å². The maximum atomic E-state index is 12.3. The van der Waals surface area contributed by atoms with E-state index in [-0.39, 0.29) is 5.91 Å². The van der Waals surface area contributed by atoms with Crippen LogP contribution in [0.4, 0.5) is 11.4 Å². The first-order chi connectivity index (χ1) is 13.7. The van der Waals surface area contributed by atoms with Crippen molar-refractivity contribution in [1.82, 2.24) is 0 Å². The van der Waals surface area contributed by atoms with Gasteiger partial charge in [-0.3, -0.25) is 4.79 Å². The molecule has 0 atom stereocenters.